The summed E-state index contributed by atoms with van der Waals surface area (Å²) in [4.78, 5) is 30.8. The summed E-state index contributed by atoms with van der Waals surface area (Å²) in [7, 11) is 0. The molecule has 0 spiro atoms. The van der Waals surface area contributed by atoms with Crippen molar-refractivity contribution in [2.75, 3.05) is 12.1 Å². The molecule has 0 radical (unpaired) electrons. The van der Waals surface area contributed by atoms with Gasteiger partial charge >= 0.3 is 0 Å². The van der Waals surface area contributed by atoms with Crippen molar-refractivity contribution in [3.63, 3.8) is 0 Å². The Morgan fingerprint density at radius 2 is 2.13 bits per heavy atom. The molecule has 2 aromatic heterocycles. The second-order valence-electron chi connectivity index (χ2n) is 4.97. The molecule has 3 heterocycles. The quantitative estimate of drug-likeness (QED) is 0.747. The largest absolute Gasteiger partial charge is 0.454 e. The Balaban J connectivity index is 1.73. The van der Waals surface area contributed by atoms with Crippen LogP contribution in [0.5, 0.6) is 11.5 Å². The van der Waals surface area contributed by atoms with Gasteiger partial charge in [-0.1, -0.05) is 0 Å². The molecule has 8 nitrogen and oxygen atoms in total. The normalized spacial score (nSPS) is 12.6. The van der Waals surface area contributed by atoms with Crippen molar-refractivity contribution in [2.45, 2.75) is 6.92 Å². The maximum atomic E-state index is 12.5. The third kappa shape index (κ3) is 2.11. The van der Waals surface area contributed by atoms with Crippen molar-refractivity contribution < 1.29 is 18.7 Å². The summed E-state index contributed by atoms with van der Waals surface area (Å²) < 4.78 is 15.9. The van der Waals surface area contributed by atoms with E-state index in [2.05, 4.69) is 15.3 Å². The molecule has 1 aliphatic rings. The number of benzene rings is 1. The topological polar surface area (TPSA) is 106 Å². The van der Waals surface area contributed by atoms with Crippen molar-refractivity contribution in [3.05, 3.63) is 46.2 Å². The van der Waals surface area contributed by atoms with Crippen LogP contribution >= 0.6 is 0 Å². The number of nitrogens with one attached hydrogen (secondary N) is 2. The van der Waals surface area contributed by atoms with Gasteiger partial charge in [0, 0.05) is 11.8 Å². The fourth-order valence-electron chi connectivity index (χ4n) is 2.49. The van der Waals surface area contributed by atoms with Crippen LogP contribution in [0, 0.1) is 6.92 Å². The first-order chi connectivity index (χ1) is 11.1. The molecular weight excluding hydrogens is 302 g/mol. The number of aromatic nitrogens is 2. The number of amides is 1. The van der Waals surface area contributed by atoms with E-state index in [1.54, 1.807) is 25.1 Å². The molecule has 116 valence electrons. The molecule has 3 aromatic rings. The lowest BCUT2D eigenvalue weighted by Crippen LogP contribution is -2.16. The van der Waals surface area contributed by atoms with Gasteiger partial charge in [-0.3, -0.25) is 9.59 Å². The van der Waals surface area contributed by atoms with Crippen molar-refractivity contribution in [3.8, 4) is 11.5 Å². The number of anilines is 1. The van der Waals surface area contributed by atoms with Crippen LogP contribution in [0.4, 0.5) is 5.69 Å². The minimum Gasteiger partial charge on any atom is -0.454 e. The van der Waals surface area contributed by atoms with E-state index in [1.807, 2.05) is 0 Å². The van der Waals surface area contributed by atoms with Crippen molar-refractivity contribution in [1.29, 1.82) is 0 Å². The molecule has 1 amide bonds. The van der Waals surface area contributed by atoms with Gasteiger partial charge in [0.2, 0.25) is 12.5 Å². The number of nitrogens with zero attached hydrogens (tertiary/aromatic N) is 1. The zero-order chi connectivity index (χ0) is 16.0. The fraction of sp³-hybridized carbons (Fsp3) is 0.133. The molecule has 0 fully saturated rings. The Labute approximate surface area is 129 Å². The summed E-state index contributed by atoms with van der Waals surface area (Å²) in [5.41, 5.74) is 0.380. The maximum Gasteiger partial charge on any atom is 0.262 e. The van der Waals surface area contributed by atoms with Gasteiger partial charge in [-0.2, -0.15) is 0 Å². The average molecular weight is 313 g/mol. The lowest BCUT2D eigenvalue weighted by molar-refractivity contribution is 0.102. The van der Waals surface area contributed by atoms with Gasteiger partial charge in [0.1, 0.15) is 11.1 Å². The predicted octanol–water partition coefficient (Wildman–Crippen LogP) is 1.81. The molecule has 0 saturated carbocycles. The predicted molar refractivity (Wildman–Crippen MR) is 79.9 cm³/mol. The Bertz CT molecular complexity index is 988. The number of aryl methyl sites for hydroxylation is 1. The molecule has 4 rings (SSSR count). The molecule has 0 aliphatic carbocycles. The first-order valence-electron chi connectivity index (χ1n) is 6.81. The average Bonchev–Trinajstić information content (AvgIpc) is 3.10. The number of rotatable bonds is 2. The number of carbonyl (C=O) groups is 1. The van der Waals surface area contributed by atoms with Crippen LogP contribution in [0.1, 0.15) is 16.1 Å². The summed E-state index contributed by atoms with van der Waals surface area (Å²) in [6, 6.07) is 5.04. The van der Waals surface area contributed by atoms with E-state index in [0.717, 1.165) is 0 Å². The summed E-state index contributed by atoms with van der Waals surface area (Å²) in [5.74, 6) is 1.03. The smallest absolute Gasteiger partial charge is 0.262 e. The lowest BCUT2D eigenvalue weighted by Gasteiger charge is -2.05. The van der Waals surface area contributed by atoms with Gasteiger partial charge in [-0.05, 0) is 19.1 Å². The third-order valence-corrected chi connectivity index (χ3v) is 3.53. The molecule has 1 aliphatic heterocycles. The summed E-state index contributed by atoms with van der Waals surface area (Å²) >= 11 is 0. The molecule has 0 unspecified atom stereocenters. The van der Waals surface area contributed by atoms with E-state index in [4.69, 9.17) is 13.9 Å². The fourth-order valence-corrected chi connectivity index (χ4v) is 2.49. The number of hydrogen-bond donors (Lipinski definition) is 2. The zero-order valence-electron chi connectivity index (χ0n) is 12.0. The van der Waals surface area contributed by atoms with Crippen molar-refractivity contribution >= 4 is 22.7 Å². The molecule has 8 heteroatoms. The van der Waals surface area contributed by atoms with Crippen molar-refractivity contribution in [2.24, 2.45) is 0 Å². The SMILES string of the molecule is Cc1oc2nc[nH]c(=O)c2c1C(=O)Nc1ccc2c(c1)OCO2. The van der Waals surface area contributed by atoms with Crippen LogP contribution in [0.3, 0.4) is 0 Å². The van der Waals surface area contributed by atoms with Crippen LogP contribution < -0.4 is 20.3 Å². The number of ether oxygens (including phenoxy) is 2. The minimum absolute atomic E-state index is 0.127. The number of furan rings is 1. The van der Waals surface area contributed by atoms with Gasteiger partial charge < -0.3 is 24.2 Å². The minimum atomic E-state index is -0.460. The summed E-state index contributed by atoms with van der Waals surface area (Å²) in [5, 5.41) is 2.85. The van der Waals surface area contributed by atoms with Gasteiger partial charge in [-0.15, -0.1) is 0 Å². The highest BCUT2D eigenvalue weighted by molar-refractivity contribution is 6.12. The van der Waals surface area contributed by atoms with Gasteiger partial charge in [0.05, 0.1) is 11.9 Å². The number of carbonyl (C=O) groups excluding carboxylic acids is 1. The summed E-state index contributed by atoms with van der Waals surface area (Å²) in [6.07, 6.45) is 1.23. The highest BCUT2D eigenvalue weighted by Gasteiger charge is 2.22. The first-order valence-corrected chi connectivity index (χ1v) is 6.81. The third-order valence-electron chi connectivity index (χ3n) is 3.53. The van der Waals surface area contributed by atoms with E-state index < -0.39 is 11.5 Å². The Kier molecular flexibility index (Phi) is 2.83. The number of H-pyrrole nitrogens is 1. The van der Waals surface area contributed by atoms with E-state index in [9.17, 15) is 9.59 Å². The van der Waals surface area contributed by atoms with E-state index in [1.165, 1.54) is 6.33 Å². The highest BCUT2D eigenvalue weighted by Crippen LogP contribution is 2.34. The molecule has 0 saturated heterocycles. The summed E-state index contributed by atoms with van der Waals surface area (Å²) in [6.45, 7) is 1.76. The van der Waals surface area contributed by atoms with E-state index in [-0.39, 0.29) is 23.5 Å². The lowest BCUT2D eigenvalue weighted by atomic mass is 10.1. The van der Waals surface area contributed by atoms with Crippen LogP contribution in [-0.2, 0) is 0 Å². The molecule has 1 aromatic carbocycles. The van der Waals surface area contributed by atoms with Crippen LogP contribution in [0.2, 0.25) is 0 Å². The van der Waals surface area contributed by atoms with Gasteiger partial charge in [0.25, 0.3) is 11.5 Å². The number of aromatic amines is 1. The Morgan fingerprint density at radius 1 is 1.30 bits per heavy atom. The number of hydrogen-bond acceptors (Lipinski definition) is 6. The maximum absolute atomic E-state index is 12.5. The Hall–Kier alpha value is -3.29. The zero-order valence-corrected chi connectivity index (χ0v) is 12.0. The highest BCUT2D eigenvalue weighted by atomic mass is 16.7. The first kappa shape index (κ1) is 13.4. The number of fused-ring (bicyclic) bond motifs is 2. The molecule has 23 heavy (non-hydrogen) atoms. The molecular formula is C15H11N3O5. The van der Waals surface area contributed by atoms with Crippen LogP contribution in [-0.4, -0.2) is 22.7 Å². The second-order valence-corrected chi connectivity index (χ2v) is 4.97. The standard InChI is InChI=1S/C15H11N3O5/c1-7-11(12-13(19)16-5-17-15(12)23-7)14(20)18-8-2-3-9-10(4-8)22-6-21-9/h2-5H,6H2,1H3,(H,18,20)(H,16,17,19). The van der Waals surface area contributed by atoms with Crippen LogP contribution in [0.15, 0.2) is 33.7 Å². The molecule has 2 N–H and O–H groups in total. The monoisotopic (exact) mass is 313 g/mol. The van der Waals surface area contributed by atoms with Gasteiger partial charge in [0.15, 0.2) is 11.5 Å². The molecule has 0 atom stereocenters. The van der Waals surface area contributed by atoms with Crippen molar-refractivity contribution in [1.82, 2.24) is 9.97 Å². The van der Waals surface area contributed by atoms with E-state index in [0.29, 0.717) is 22.9 Å². The van der Waals surface area contributed by atoms with Crippen LogP contribution in [0.25, 0.3) is 11.1 Å². The second kappa shape index (κ2) is 4.87. The van der Waals surface area contributed by atoms with E-state index >= 15 is 0 Å². The molecule has 0 bridgehead atoms. The Morgan fingerprint density at radius 3 is 3.00 bits per heavy atom. The van der Waals surface area contributed by atoms with Gasteiger partial charge in [-0.25, -0.2) is 4.98 Å².